The Balaban J connectivity index is 1.57. The van der Waals surface area contributed by atoms with Crippen LogP contribution in [0.3, 0.4) is 0 Å². The van der Waals surface area contributed by atoms with Gasteiger partial charge in [0.2, 0.25) is 0 Å². The largest absolute Gasteiger partial charge is 0.460 e. The molecule has 0 atom stereocenters. The van der Waals surface area contributed by atoms with E-state index in [-0.39, 0.29) is 0 Å². The second-order valence-electron chi connectivity index (χ2n) is 6.15. The lowest BCUT2D eigenvalue weighted by atomic mass is 10.1. The van der Waals surface area contributed by atoms with E-state index >= 15 is 0 Å². The average Bonchev–Trinajstić information content (AvgIpc) is 3.25. The SMILES string of the molecule is Cc1nc(OC2CCCCCC2)ncc1CNC1CC1. The van der Waals surface area contributed by atoms with Crippen molar-refractivity contribution in [1.29, 1.82) is 0 Å². The van der Waals surface area contributed by atoms with Crippen LogP contribution in [0.2, 0.25) is 0 Å². The third-order valence-electron chi connectivity index (χ3n) is 4.29. The van der Waals surface area contributed by atoms with Gasteiger partial charge in [0.05, 0.1) is 0 Å². The monoisotopic (exact) mass is 275 g/mol. The second-order valence-corrected chi connectivity index (χ2v) is 6.15. The molecule has 20 heavy (non-hydrogen) atoms. The van der Waals surface area contributed by atoms with Gasteiger partial charge in [-0.2, -0.15) is 0 Å². The molecule has 1 aromatic heterocycles. The molecular weight excluding hydrogens is 250 g/mol. The molecule has 0 amide bonds. The number of ether oxygens (including phenoxy) is 1. The van der Waals surface area contributed by atoms with Crippen molar-refractivity contribution in [2.24, 2.45) is 0 Å². The number of nitrogens with one attached hydrogen (secondary N) is 1. The summed E-state index contributed by atoms with van der Waals surface area (Å²) in [5.74, 6) is 0. The van der Waals surface area contributed by atoms with E-state index in [1.165, 1.54) is 44.1 Å². The quantitative estimate of drug-likeness (QED) is 0.839. The van der Waals surface area contributed by atoms with Crippen LogP contribution in [-0.2, 0) is 6.54 Å². The highest BCUT2D eigenvalue weighted by atomic mass is 16.5. The summed E-state index contributed by atoms with van der Waals surface area (Å²) in [5, 5.41) is 3.50. The highest BCUT2D eigenvalue weighted by molar-refractivity contribution is 5.18. The van der Waals surface area contributed by atoms with Crippen molar-refractivity contribution in [1.82, 2.24) is 15.3 Å². The smallest absolute Gasteiger partial charge is 0.316 e. The maximum absolute atomic E-state index is 5.97. The minimum absolute atomic E-state index is 0.312. The molecule has 2 saturated carbocycles. The summed E-state index contributed by atoms with van der Waals surface area (Å²) in [6.07, 6.45) is 12.4. The fourth-order valence-electron chi connectivity index (χ4n) is 2.75. The van der Waals surface area contributed by atoms with Gasteiger partial charge in [-0.15, -0.1) is 0 Å². The number of hydrogen-bond donors (Lipinski definition) is 1. The standard InChI is InChI=1S/C16H25N3O/c1-12-13(10-17-14-8-9-14)11-18-16(19-12)20-15-6-4-2-3-5-7-15/h11,14-15,17H,2-10H2,1H3. The molecule has 2 fully saturated rings. The Hall–Kier alpha value is -1.16. The van der Waals surface area contributed by atoms with E-state index in [9.17, 15) is 0 Å². The predicted octanol–water partition coefficient (Wildman–Crippen LogP) is 3.14. The minimum Gasteiger partial charge on any atom is -0.460 e. The van der Waals surface area contributed by atoms with Crippen molar-refractivity contribution in [3.05, 3.63) is 17.5 Å². The molecule has 2 aliphatic rings. The molecule has 0 saturated heterocycles. The van der Waals surface area contributed by atoms with Crippen molar-refractivity contribution in [2.75, 3.05) is 0 Å². The molecule has 1 N–H and O–H groups in total. The van der Waals surface area contributed by atoms with Crippen molar-refractivity contribution in [3.8, 4) is 6.01 Å². The maximum Gasteiger partial charge on any atom is 0.316 e. The first-order valence-electron chi connectivity index (χ1n) is 8.04. The number of aromatic nitrogens is 2. The first-order chi connectivity index (χ1) is 9.81. The van der Waals surface area contributed by atoms with Gasteiger partial charge < -0.3 is 10.1 Å². The zero-order valence-electron chi connectivity index (χ0n) is 12.4. The zero-order chi connectivity index (χ0) is 13.8. The summed E-state index contributed by atoms with van der Waals surface area (Å²) >= 11 is 0. The molecule has 0 spiro atoms. The van der Waals surface area contributed by atoms with Gasteiger partial charge in [-0.25, -0.2) is 9.97 Å². The molecule has 0 unspecified atom stereocenters. The minimum atomic E-state index is 0.312. The Kier molecular flexibility index (Phi) is 4.51. The van der Waals surface area contributed by atoms with Crippen LogP contribution in [0.5, 0.6) is 6.01 Å². The van der Waals surface area contributed by atoms with Gasteiger partial charge in [-0.3, -0.25) is 0 Å². The number of hydrogen-bond acceptors (Lipinski definition) is 4. The third kappa shape index (κ3) is 3.92. The van der Waals surface area contributed by atoms with E-state index < -0.39 is 0 Å². The van der Waals surface area contributed by atoms with Gasteiger partial charge in [-0.1, -0.05) is 12.8 Å². The summed E-state index contributed by atoms with van der Waals surface area (Å²) in [7, 11) is 0. The number of rotatable bonds is 5. The Labute approximate surface area is 121 Å². The molecule has 3 rings (SSSR count). The Bertz CT molecular complexity index is 437. The van der Waals surface area contributed by atoms with Crippen molar-refractivity contribution < 1.29 is 4.74 Å². The topological polar surface area (TPSA) is 47.0 Å². The van der Waals surface area contributed by atoms with Crippen LogP contribution in [0.15, 0.2) is 6.20 Å². The van der Waals surface area contributed by atoms with Crippen molar-refractivity contribution in [2.45, 2.75) is 77.0 Å². The maximum atomic E-state index is 5.97. The summed E-state index contributed by atoms with van der Waals surface area (Å²) in [6.45, 7) is 2.92. The lowest BCUT2D eigenvalue weighted by Gasteiger charge is -2.16. The van der Waals surface area contributed by atoms with E-state index in [1.54, 1.807) is 0 Å². The number of aryl methyl sites for hydroxylation is 1. The van der Waals surface area contributed by atoms with E-state index in [4.69, 9.17) is 4.74 Å². The molecular formula is C16H25N3O. The molecule has 1 aromatic rings. The van der Waals surface area contributed by atoms with Crippen LogP contribution in [0.1, 0.15) is 62.6 Å². The summed E-state index contributed by atoms with van der Waals surface area (Å²) in [4.78, 5) is 8.91. The van der Waals surface area contributed by atoms with E-state index in [0.29, 0.717) is 12.1 Å². The summed E-state index contributed by atoms with van der Waals surface area (Å²) in [5.41, 5.74) is 2.22. The lowest BCUT2D eigenvalue weighted by molar-refractivity contribution is 0.167. The summed E-state index contributed by atoms with van der Waals surface area (Å²) < 4.78 is 5.97. The molecule has 2 aliphatic carbocycles. The van der Waals surface area contributed by atoms with Crippen LogP contribution < -0.4 is 10.1 Å². The first-order valence-corrected chi connectivity index (χ1v) is 8.04. The van der Waals surface area contributed by atoms with Crippen molar-refractivity contribution in [3.63, 3.8) is 0 Å². The highest BCUT2D eigenvalue weighted by Crippen LogP contribution is 2.22. The fourth-order valence-corrected chi connectivity index (χ4v) is 2.75. The van der Waals surface area contributed by atoms with Gasteiger partial charge in [0.15, 0.2) is 0 Å². The Morgan fingerprint density at radius 2 is 1.90 bits per heavy atom. The van der Waals surface area contributed by atoms with Gasteiger partial charge in [0.25, 0.3) is 0 Å². The van der Waals surface area contributed by atoms with E-state index in [0.717, 1.165) is 31.1 Å². The van der Waals surface area contributed by atoms with Crippen LogP contribution >= 0.6 is 0 Å². The predicted molar refractivity (Wildman–Crippen MR) is 78.7 cm³/mol. The highest BCUT2D eigenvalue weighted by Gasteiger charge is 2.21. The lowest BCUT2D eigenvalue weighted by Crippen LogP contribution is -2.19. The molecule has 0 radical (unpaired) electrons. The van der Waals surface area contributed by atoms with Crippen LogP contribution in [0.25, 0.3) is 0 Å². The second kappa shape index (κ2) is 6.53. The average molecular weight is 275 g/mol. The molecule has 4 heteroatoms. The van der Waals surface area contributed by atoms with E-state index in [2.05, 4.69) is 15.3 Å². The van der Waals surface area contributed by atoms with Crippen LogP contribution in [0, 0.1) is 6.92 Å². The normalized spacial score (nSPS) is 20.6. The van der Waals surface area contributed by atoms with Gasteiger partial charge in [-0.05, 0) is 45.4 Å². The molecule has 4 nitrogen and oxygen atoms in total. The van der Waals surface area contributed by atoms with Crippen LogP contribution in [0.4, 0.5) is 0 Å². The van der Waals surface area contributed by atoms with Gasteiger partial charge >= 0.3 is 6.01 Å². The molecule has 0 aliphatic heterocycles. The Morgan fingerprint density at radius 1 is 1.15 bits per heavy atom. The molecule has 1 heterocycles. The first kappa shape index (κ1) is 13.8. The van der Waals surface area contributed by atoms with Gasteiger partial charge in [0.1, 0.15) is 6.10 Å². The van der Waals surface area contributed by atoms with E-state index in [1.807, 2.05) is 13.1 Å². The summed E-state index contributed by atoms with van der Waals surface area (Å²) in [6, 6.07) is 1.28. The van der Waals surface area contributed by atoms with Crippen molar-refractivity contribution >= 4 is 0 Å². The molecule has 110 valence electrons. The third-order valence-corrected chi connectivity index (χ3v) is 4.29. The van der Waals surface area contributed by atoms with Crippen LogP contribution in [-0.4, -0.2) is 22.1 Å². The molecule has 0 aromatic carbocycles. The van der Waals surface area contributed by atoms with Gasteiger partial charge in [0, 0.05) is 30.0 Å². The zero-order valence-corrected chi connectivity index (χ0v) is 12.4. The number of nitrogens with zero attached hydrogens (tertiary/aromatic N) is 2. The Morgan fingerprint density at radius 3 is 2.55 bits per heavy atom. The fraction of sp³-hybridized carbons (Fsp3) is 0.750. The molecule has 0 bridgehead atoms.